The average molecular weight is 269 g/mol. The fraction of sp³-hybridized carbons (Fsp3) is 0.462. The van der Waals surface area contributed by atoms with E-state index >= 15 is 0 Å². The highest BCUT2D eigenvalue weighted by molar-refractivity contribution is 7.90. The van der Waals surface area contributed by atoms with Crippen molar-refractivity contribution in [3.05, 3.63) is 29.8 Å². The van der Waals surface area contributed by atoms with Gasteiger partial charge in [0.15, 0.2) is 5.78 Å². The number of nitrogens with one attached hydrogen (secondary N) is 1. The minimum Gasteiger partial charge on any atom is -0.385 e. The Labute approximate surface area is 108 Å². The largest absolute Gasteiger partial charge is 0.385 e. The maximum Gasteiger partial charge on any atom is 0.162 e. The Balaban J connectivity index is 2.42. The summed E-state index contributed by atoms with van der Waals surface area (Å²) in [5.74, 6) is 0.311. The summed E-state index contributed by atoms with van der Waals surface area (Å²) >= 11 is 0. The van der Waals surface area contributed by atoms with E-state index in [1.165, 1.54) is 6.26 Å². The van der Waals surface area contributed by atoms with Crippen molar-refractivity contribution in [2.24, 2.45) is 0 Å². The van der Waals surface area contributed by atoms with Crippen molar-refractivity contribution >= 4 is 21.3 Å². The Morgan fingerprint density at radius 2 is 1.83 bits per heavy atom. The van der Waals surface area contributed by atoms with Gasteiger partial charge in [0, 0.05) is 30.5 Å². The number of carbonyl (C=O) groups is 1. The van der Waals surface area contributed by atoms with Crippen molar-refractivity contribution in [2.75, 3.05) is 23.9 Å². The van der Waals surface area contributed by atoms with E-state index in [1.807, 2.05) is 19.1 Å². The number of sulfone groups is 1. The zero-order valence-electron chi connectivity index (χ0n) is 10.8. The van der Waals surface area contributed by atoms with E-state index < -0.39 is 9.84 Å². The summed E-state index contributed by atoms with van der Waals surface area (Å²) in [6.07, 6.45) is 2.31. The molecule has 0 aliphatic heterocycles. The molecule has 0 aliphatic rings. The average Bonchev–Trinajstić information content (AvgIpc) is 2.33. The highest BCUT2D eigenvalue weighted by atomic mass is 32.2. The Morgan fingerprint density at radius 3 is 2.33 bits per heavy atom. The third-order valence-corrected chi connectivity index (χ3v) is 3.58. The van der Waals surface area contributed by atoms with Crippen LogP contribution in [0.2, 0.25) is 0 Å². The summed E-state index contributed by atoms with van der Waals surface area (Å²) in [6, 6.07) is 7.24. The fourth-order valence-electron chi connectivity index (χ4n) is 1.55. The van der Waals surface area contributed by atoms with Crippen molar-refractivity contribution in [1.82, 2.24) is 0 Å². The Kier molecular flexibility index (Phi) is 5.34. The molecule has 18 heavy (non-hydrogen) atoms. The maximum atomic E-state index is 11.4. The molecular formula is C13H19NO3S. The zero-order chi connectivity index (χ0) is 13.6. The summed E-state index contributed by atoms with van der Waals surface area (Å²) < 4.78 is 21.9. The molecule has 1 N–H and O–H groups in total. The van der Waals surface area contributed by atoms with Crippen LogP contribution in [0.4, 0.5) is 5.69 Å². The van der Waals surface area contributed by atoms with Crippen LogP contribution in [-0.4, -0.2) is 32.8 Å². The van der Waals surface area contributed by atoms with Gasteiger partial charge in [0.1, 0.15) is 9.84 Å². The molecule has 0 radical (unpaired) electrons. The summed E-state index contributed by atoms with van der Waals surface area (Å²) in [5.41, 5.74) is 1.61. The third-order valence-electron chi connectivity index (χ3n) is 2.55. The molecule has 0 fully saturated rings. The van der Waals surface area contributed by atoms with E-state index in [4.69, 9.17) is 0 Å². The van der Waals surface area contributed by atoms with Gasteiger partial charge in [-0.25, -0.2) is 8.42 Å². The summed E-state index contributed by atoms with van der Waals surface area (Å²) in [6.45, 7) is 2.44. The molecule has 100 valence electrons. The molecule has 0 amide bonds. The molecule has 5 heteroatoms. The first kappa shape index (κ1) is 14.7. The summed E-state index contributed by atoms with van der Waals surface area (Å²) in [5, 5.41) is 3.13. The van der Waals surface area contributed by atoms with Gasteiger partial charge >= 0.3 is 0 Å². The van der Waals surface area contributed by atoms with Gasteiger partial charge in [0.05, 0.1) is 5.75 Å². The van der Waals surface area contributed by atoms with E-state index in [1.54, 1.807) is 12.1 Å². The van der Waals surface area contributed by atoms with Gasteiger partial charge < -0.3 is 5.32 Å². The summed E-state index contributed by atoms with van der Waals surface area (Å²) in [7, 11) is -2.88. The minimum atomic E-state index is -2.88. The number of Topliss-reactive ketones (excluding diaryl/α,β-unsaturated/α-hetero) is 1. The summed E-state index contributed by atoms with van der Waals surface area (Å²) in [4.78, 5) is 11.4. The second kappa shape index (κ2) is 6.54. The van der Waals surface area contributed by atoms with E-state index in [2.05, 4.69) is 5.32 Å². The lowest BCUT2D eigenvalue weighted by molar-refractivity contribution is 0.0988. The molecule has 1 aromatic rings. The number of hydrogen-bond donors (Lipinski definition) is 1. The zero-order valence-corrected chi connectivity index (χ0v) is 11.6. The quantitative estimate of drug-likeness (QED) is 0.608. The number of hydrogen-bond acceptors (Lipinski definition) is 4. The predicted octanol–water partition coefficient (Wildman–Crippen LogP) is 2.13. The SMILES string of the molecule is CCC(=O)c1ccc(NCCCS(C)(=O)=O)cc1. The topological polar surface area (TPSA) is 63.2 Å². The second-order valence-corrected chi connectivity index (χ2v) is 6.52. The highest BCUT2D eigenvalue weighted by Crippen LogP contribution is 2.11. The molecular weight excluding hydrogens is 250 g/mol. The number of benzene rings is 1. The molecule has 0 atom stereocenters. The van der Waals surface area contributed by atoms with Gasteiger partial charge in [0.2, 0.25) is 0 Å². The number of ketones is 1. The van der Waals surface area contributed by atoms with Crippen LogP contribution in [0.3, 0.4) is 0 Å². The van der Waals surface area contributed by atoms with Crippen molar-refractivity contribution in [3.63, 3.8) is 0 Å². The normalized spacial score (nSPS) is 11.2. The molecule has 0 spiro atoms. The van der Waals surface area contributed by atoms with Crippen LogP contribution < -0.4 is 5.32 Å². The monoisotopic (exact) mass is 269 g/mol. The Bertz CT molecular complexity index is 491. The molecule has 0 saturated heterocycles. The van der Waals surface area contributed by atoms with Crippen LogP contribution in [0.1, 0.15) is 30.1 Å². The number of carbonyl (C=O) groups excluding carboxylic acids is 1. The molecule has 0 unspecified atom stereocenters. The van der Waals surface area contributed by atoms with Crippen LogP contribution in [0, 0.1) is 0 Å². The fourth-order valence-corrected chi connectivity index (χ4v) is 2.21. The molecule has 1 rings (SSSR count). The second-order valence-electron chi connectivity index (χ2n) is 4.26. The molecule has 0 saturated carbocycles. The maximum absolute atomic E-state index is 11.4. The third kappa shape index (κ3) is 5.31. The van der Waals surface area contributed by atoms with Crippen molar-refractivity contribution in [2.45, 2.75) is 19.8 Å². The van der Waals surface area contributed by atoms with Crippen LogP contribution in [-0.2, 0) is 9.84 Å². The van der Waals surface area contributed by atoms with E-state index in [-0.39, 0.29) is 11.5 Å². The first-order chi connectivity index (χ1) is 8.42. The molecule has 0 aliphatic carbocycles. The van der Waals surface area contributed by atoms with Crippen molar-refractivity contribution < 1.29 is 13.2 Å². The molecule has 1 aromatic carbocycles. The lowest BCUT2D eigenvalue weighted by Gasteiger charge is -2.06. The van der Waals surface area contributed by atoms with Gasteiger partial charge in [-0.1, -0.05) is 6.92 Å². The predicted molar refractivity (Wildman–Crippen MR) is 73.9 cm³/mol. The first-order valence-corrected chi connectivity index (χ1v) is 8.03. The highest BCUT2D eigenvalue weighted by Gasteiger charge is 2.03. The Morgan fingerprint density at radius 1 is 1.22 bits per heavy atom. The van der Waals surface area contributed by atoms with Gasteiger partial charge in [-0.15, -0.1) is 0 Å². The van der Waals surface area contributed by atoms with Gasteiger partial charge in [-0.05, 0) is 30.7 Å². The lowest BCUT2D eigenvalue weighted by atomic mass is 10.1. The van der Waals surface area contributed by atoms with Crippen LogP contribution >= 0.6 is 0 Å². The van der Waals surface area contributed by atoms with Crippen molar-refractivity contribution in [3.8, 4) is 0 Å². The molecule has 0 heterocycles. The van der Waals surface area contributed by atoms with Gasteiger partial charge in [-0.2, -0.15) is 0 Å². The van der Waals surface area contributed by atoms with E-state index in [0.717, 1.165) is 5.69 Å². The number of anilines is 1. The van der Waals surface area contributed by atoms with Crippen LogP contribution in [0.5, 0.6) is 0 Å². The van der Waals surface area contributed by atoms with Gasteiger partial charge in [-0.3, -0.25) is 4.79 Å². The van der Waals surface area contributed by atoms with Gasteiger partial charge in [0.25, 0.3) is 0 Å². The molecule has 0 bridgehead atoms. The van der Waals surface area contributed by atoms with Crippen LogP contribution in [0.15, 0.2) is 24.3 Å². The minimum absolute atomic E-state index is 0.124. The van der Waals surface area contributed by atoms with E-state index in [0.29, 0.717) is 24.9 Å². The first-order valence-electron chi connectivity index (χ1n) is 5.97. The lowest BCUT2D eigenvalue weighted by Crippen LogP contribution is -2.09. The molecule has 0 aromatic heterocycles. The standard InChI is InChI=1S/C13H19NO3S/c1-3-13(15)11-5-7-12(8-6-11)14-9-4-10-18(2,16)17/h5-8,14H,3-4,9-10H2,1-2H3. The van der Waals surface area contributed by atoms with Crippen molar-refractivity contribution in [1.29, 1.82) is 0 Å². The Hall–Kier alpha value is -1.36. The van der Waals surface area contributed by atoms with Crippen LogP contribution in [0.25, 0.3) is 0 Å². The molecule has 4 nitrogen and oxygen atoms in total. The van der Waals surface area contributed by atoms with E-state index in [9.17, 15) is 13.2 Å². The smallest absolute Gasteiger partial charge is 0.162 e. The number of rotatable bonds is 7.